The van der Waals surface area contributed by atoms with Gasteiger partial charge in [0.1, 0.15) is 11.5 Å². The molecule has 0 N–H and O–H groups in total. The first-order valence-electron chi connectivity index (χ1n) is 8.51. The monoisotopic (exact) mass is 374 g/mol. The lowest BCUT2D eigenvalue weighted by Crippen LogP contribution is -2.36. The van der Waals surface area contributed by atoms with Crippen molar-refractivity contribution in [3.8, 4) is 11.5 Å². The zero-order valence-corrected chi connectivity index (χ0v) is 15.5. The minimum absolute atomic E-state index is 0.0911. The summed E-state index contributed by atoms with van der Waals surface area (Å²) in [5.74, 6) is 1.30. The van der Waals surface area contributed by atoms with Crippen molar-refractivity contribution in [1.82, 2.24) is 9.21 Å². The third kappa shape index (κ3) is 4.62. The number of rotatable bonds is 4. The van der Waals surface area contributed by atoms with Crippen LogP contribution in [0, 0.1) is 0 Å². The highest BCUT2D eigenvalue weighted by Crippen LogP contribution is 2.22. The minimum atomic E-state index is -3.22. The van der Waals surface area contributed by atoms with Crippen molar-refractivity contribution in [3.05, 3.63) is 60.2 Å². The molecule has 1 amide bonds. The first-order valence-corrected chi connectivity index (χ1v) is 10.4. The zero-order chi connectivity index (χ0) is 18.6. The Morgan fingerprint density at radius 1 is 0.885 bits per heavy atom. The highest BCUT2D eigenvalue weighted by atomic mass is 32.2. The van der Waals surface area contributed by atoms with Gasteiger partial charge in [0.05, 0.1) is 6.26 Å². The number of hydrogen-bond donors (Lipinski definition) is 0. The molecule has 0 radical (unpaired) electrons. The van der Waals surface area contributed by atoms with Crippen molar-refractivity contribution >= 4 is 15.9 Å². The van der Waals surface area contributed by atoms with E-state index in [1.807, 2.05) is 30.3 Å². The number of sulfonamides is 1. The van der Waals surface area contributed by atoms with Gasteiger partial charge in [-0.3, -0.25) is 4.79 Å². The summed E-state index contributed by atoms with van der Waals surface area (Å²) in [6.45, 7) is 1.73. The fourth-order valence-electron chi connectivity index (χ4n) is 2.90. The smallest absolute Gasteiger partial charge is 0.253 e. The molecule has 6 nitrogen and oxygen atoms in total. The highest BCUT2D eigenvalue weighted by molar-refractivity contribution is 7.88. The summed E-state index contributed by atoms with van der Waals surface area (Å²) in [5.41, 5.74) is 0.568. The van der Waals surface area contributed by atoms with Gasteiger partial charge in [0.15, 0.2) is 0 Å². The number of amides is 1. The largest absolute Gasteiger partial charge is 0.457 e. The fraction of sp³-hybridized carbons (Fsp3) is 0.316. The van der Waals surface area contributed by atoms with Gasteiger partial charge in [-0.2, -0.15) is 0 Å². The molecule has 1 aliphatic rings. The molecule has 0 unspecified atom stereocenters. The molecule has 1 heterocycles. The number of para-hydroxylation sites is 1. The summed E-state index contributed by atoms with van der Waals surface area (Å²) in [7, 11) is -3.22. The topological polar surface area (TPSA) is 66.9 Å². The van der Waals surface area contributed by atoms with E-state index in [0.717, 1.165) is 5.75 Å². The van der Waals surface area contributed by atoms with E-state index >= 15 is 0 Å². The Balaban J connectivity index is 1.64. The summed E-state index contributed by atoms with van der Waals surface area (Å²) in [4.78, 5) is 14.4. The molecule has 0 bridgehead atoms. The lowest BCUT2D eigenvalue weighted by Gasteiger charge is -2.21. The van der Waals surface area contributed by atoms with Crippen LogP contribution in [0.3, 0.4) is 0 Å². The molecule has 1 fully saturated rings. The van der Waals surface area contributed by atoms with Crippen molar-refractivity contribution in [2.75, 3.05) is 32.4 Å². The molecular formula is C19H22N2O4S. The molecule has 2 aromatic rings. The summed E-state index contributed by atoms with van der Waals surface area (Å²) in [6, 6.07) is 16.4. The van der Waals surface area contributed by atoms with Crippen LogP contribution in [0.25, 0.3) is 0 Å². The number of ether oxygens (including phenoxy) is 1. The Hall–Kier alpha value is -2.38. The van der Waals surface area contributed by atoms with Gasteiger partial charge in [-0.15, -0.1) is 0 Å². The molecule has 1 saturated heterocycles. The van der Waals surface area contributed by atoms with Gasteiger partial charge < -0.3 is 9.64 Å². The molecule has 0 spiro atoms. The van der Waals surface area contributed by atoms with Crippen molar-refractivity contribution in [2.45, 2.75) is 6.42 Å². The van der Waals surface area contributed by atoms with Crippen LogP contribution in [0.4, 0.5) is 0 Å². The normalized spacial score (nSPS) is 16.1. The second-order valence-corrected chi connectivity index (χ2v) is 8.23. The summed E-state index contributed by atoms with van der Waals surface area (Å²) < 4.78 is 30.5. The van der Waals surface area contributed by atoms with Gasteiger partial charge in [0.2, 0.25) is 10.0 Å². The van der Waals surface area contributed by atoms with E-state index in [-0.39, 0.29) is 5.91 Å². The molecule has 26 heavy (non-hydrogen) atoms. The molecule has 0 aromatic heterocycles. The van der Waals surface area contributed by atoms with Crippen LogP contribution in [-0.4, -0.2) is 56.0 Å². The Labute approximate surface area is 154 Å². The van der Waals surface area contributed by atoms with E-state index in [4.69, 9.17) is 4.74 Å². The predicted molar refractivity (Wildman–Crippen MR) is 99.9 cm³/mol. The van der Waals surface area contributed by atoms with E-state index in [1.54, 1.807) is 29.2 Å². The van der Waals surface area contributed by atoms with E-state index < -0.39 is 10.0 Å². The molecule has 1 aliphatic heterocycles. The molecule has 0 saturated carbocycles. The summed E-state index contributed by atoms with van der Waals surface area (Å²) >= 11 is 0. The van der Waals surface area contributed by atoms with Crippen molar-refractivity contribution in [1.29, 1.82) is 0 Å². The van der Waals surface area contributed by atoms with Gasteiger partial charge >= 0.3 is 0 Å². The Morgan fingerprint density at radius 2 is 1.54 bits per heavy atom. The molecule has 0 atom stereocenters. The van der Waals surface area contributed by atoms with Gasteiger partial charge in [-0.25, -0.2) is 12.7 Å². The van der Waals surface area contributed by atoms with Crippen LogP contribution >= 0.6 is 0 Å². The van der Waals surface area contributed by atoms with Gasteiger partial charge in [0.25, 0.3) is 5.91 Å². The number of carbonyl (C=O) groups excluding carboxylic acids is 1. The summed E-state index contributed by atoms with van der Waals surface area (Å²) in [5, 5.41) is 0. The van der Waals surface area contributed by atoms with Crippen molar-refractivity contribution < 1.29 is 17.9 Å². The van der Waals surface area contributed by atoms with Crippen LogP contribution in [0.5, 0.6) is 11.5 Å². The summed E-state index contributed by atoms with van der Waals surface area (Å²) in [6.07, 6.45) is 1.84. The van der Waals surface area contributed by atoms with Gasteiger partial charge in [-0.1, -0.05) is 18.2 Å². The van der Waals surface area contributed by atoms with Crippen LogP contribution in [0.15, 0.2) is 54.6 Å². The lowest BCUT2D eigenvalue weighted by atomic mass is 10.2. The van der Waals surface area contributed by atoms with Crippen LogP contribution in [-0.2, 0) is 10.0 Å². The van der Waals surface area contributed by atoms with Gasteiger partial charge in [-0.05, 0) is 42.8 Å². The third-order valence-electron chi connectivity index (χ3n) is 4.29. The van der Waals surface area contributed by atoms with Crippen LogP contribution in [0.2, 0.25) is 0 Å². The van der Waals surface area contributed by atoms with Crippen LogP contribution in [0.1, 0.15) is 16.8 Å². The van der Waals surface area contributed by atoms with E-state index in [0.29, 0.717) is 43.9 Å². The maximum atomic E-state index is 12.7. The predicted octanol–water partition coefficient (Wildman–Crippen LogP) is 2.59. The van der Waals surface area contributed by atoms with Crippen molar-refractivity contribution in [2.24, 2.45) is 0 Å². The molecule has 7 heteroatoms. The van der Waals surface area contributed by atoms with E-state index in [2.05, 4.69) is 0 Å². The highest BCUT2D eigenvalue weighted by Gasteiger charge is 2.24. The average molecular weight is 374 g/mol. The quantitative estimate of drug-likeness (QED) is 0.825. The Bertz CT molecular complexity index is 851. The molecule has 0 aliphatic carbocycles. The molecule has 2 aromatic carbocycles. The van der Waals surface area contributed by atoms with Gasteiger partial charge in [0, 0.05) is 31.7 Å². The Kier molecular flexibility index (Phi) is 5.58. The Morgan fingerprint density at radius 3 is 2.19 bits per heavy atom. The fourth-order valence-corrected chi connectivity index (χ4v) is 3.78. The first kappa shape index (κ1) is 18.4. The second kappa shape index (κ2) is 7.88. The first-order chi connectivity index (χ1) is 12.4. The average Bonchev–Trinajstić information content (AvgIpc) is 2.89. The zero-order valence-electron chi connectivity index (χ0n) is 14.7. The van der Waals surface area contributed by atoms with Crippen LogP contribution < -0.4 is 4.74 Å². The lowest BCUT2D eigenvalue weighted by molar-refractivity contribution is 0.0764. The standard InChI is InChI=1S/C19H22N2O4S/c1-26(23,24)21-13-5-12-20(14-15-21)19(22)16-8-10-18(11-9-16)25-17-6-3-2-4-7-17/h2-4,6-11H,5,12-15H2,1H3. The van der Waals surface area contributed by atoms with E-state index in [9.17, 15) is 13.2 Å². The molecular weight excluding hydrogens is 352 g/mol. The van der Waals surface area contributed by atoms with E-state index in [1.165, 1.54) is 10.6 Å². The number of carbonyl (C=O) groups is 1. The maximum absolute atomic E-state index is 12.7. The number of nitrogens with zero attached hydrogens (tertiary/aromatic N) is 2. The second-order valence-electron chi connectivity index (χ2n) is 6.25. The minimum Gasteiger partial charge on any atom is -0.457 e. The molecule has 138 valence electrons. The number of benzene rings is 2. The number of hydrogen-bond acceptors (Lipinski definition) is 4. The van der Waals surface area contributed by atoms with Crippen molar-refractivity contribution in [3.63, 3.8) is 0 Å². The SMILES string of the molecule is CS(=O)(=O)N1CCCN(C(=O)c2ccc(Oc3ccccc3)cc2)CC1. The molecule has 3 rings (SSSR count). The maximum Gasteiger partial charge on any atom is 0.253 e. The third-order valence-corrected chi connectivity index (χ3v) is 5.59.